The van der Waals surface area contributed by atoms with Gasteiger partial charge in [-0.3, -0.25) is 9.59 Å². The zero-order chi connectivity index (χ0) is 19.4. The van der Waals surface area contributed by atoms with Gasteiger partial charge in [0.05, 0.1) is 46.4 Å². The van der Waals surface area contributed by atoms with E-state index in [-0.39, 0.29) is 35.0 Å². The van der Waals surface area contributed by atoms with E-state index in [0.29, 0.717) is 19.3 Å². The maximum absolute atomic E-state index is 13.3. The van der Waals surface area contributed by atoms with Gasteiger partial charge in [0.15, 0.2) is 0 Å². The van der Waals surface area contributed by atoms with Crippen LogP contribution in [0.1, 0.15) is 43.7 Å². The van der Waals surface area contributed by atoms with Crippen molar-refractivity contribution in [3.63, 3.8) is 0 Å². The summed E-state index contributed by atoms with van der Waals surface area (Å²) in [5, 5.41) is 18.0. The summed E-state index contributed by atoms with van der Waals surface area (Å²) in [6.07, 6.45) is 1.97. The molecular weight excluding hydrogens is 349 g/mol. The molecule has 1 aromatic carbocycles. The first kappa shape index (κ1) is 17.6. The molecule has 4 atom stereocenters. The summed E-state index contributed by atoms with van der Waals surface area (Å²) in [7, 11) is 0. The molecule has 2 bridgehead atoms. The monoisotopic (exact) mass is 367 g/mol. The minimum Gasteiger partial charge on any atom is -0.367 e. The van der Waals surface area contributed by atoms with Crippen LogP contribution in [-0.4, -0.2) is 23.0 Å². The van der Waals surface area contributed by atoms with Crippen LogP contribution in [0.25, 0.3) is 0 Å². The van der Waals surface area contributed by atoms with E-state index < -0.39 is 29.7 Å². The number of carbonyl (C=O) groups is 2. The van der Waals surface area contributed by atoms with Crippen molar-refractivity contribution in [3.05, 3.63) is 29.3 Å². The predicted molar refractivity (Wildman–Crippen MR) is 91.7 cm³/mol. The summed E-state index contributed by atoms with van der Waals surface area (Å²) >= 11 is 0. The van der Waals surface area contributed by atoms with Crippen LogP contribution in [0.15, 0.2) is 18.2 Å². The molecule has 0 N–H and O–H groups in total. The van der Waals surface area contributed by atoms with E-state index >= 15 is 0 Å². The molecule has 4 rings (SSSR count). The summed E-state index contributed by atoms with van der Waals surface area (Å²) in [6.45, 7) is 0.999. The van der Waals surface area contributed by atoms with Gasteiger partial charge in [0.1, 0.15) is 6.67 Å². The number of carbonyl (C=O) groups excluding carboxylic acids is 2. The topological polar surface area (TPSA) is 94.2 Å². The number of nitrogens with zero attached hydrogens (tertiary/aromatic N) is 3. The van der Waals surface area contributed by atoms with Crippen molar-refractivity contribution in [1.29, 1.82) is 10.5 Å². The Morgan fingerprint density at radius 3 is 2.67 bits per heavy atom. The van der Waals surface area contributed by atoms with Gasteiger partial charge in [-0.15, -0.1) is 0 Å². The highest BCUT2D eigenvalue weighted by atomic mass is 19.1. The van der Waals surface area contributed by atoms with Gasteiger partial charge >= 0.3 is 0 Å². The molecule has 7 heteroatoms. The van der Waals surface area contributed by atoms with Gasteiger partial charge in [0.2, 0.25) is 11.8 Å². The highest BCUT2D eigenvalue weighted by Gasteiger charge is 2.73. The minimum absolute atomic E-state index is 0.150. The van der Waals surface area contributed by atoms with E-state index in [2.05, 4.69) is 6.07 Å². The first-order chi connectivity index (χ1) is 12.9. The van der Waals surface area contributed by atoms with Crippen LogP contribution in [0.3, 0.4) is 0 Å². The number of fused-ring (bicyclic) bond motifs is 5. The van der Waals surface area contributed by atoms with Crippen LogP contribution < -0.4 is 4.90 Å². The Kier molecular flexibility index (Phi) is 3.83. The van der Waals surface area contributed by atoms with Gasteiger partial charge in [0.25, 0.3) is 0 Å². The summed E-state index contributed by atoms with van der Waals surface area (Å²) in [5.41, 5.74) is -0.897. The molecule has 3 heterocycles. The number of benzene rings is 1. The maximum atomic E-state index is 13.3. The molecule has 3 aliphatic heterocycles. The summed E-state index contributed by atoms with van der Waals surface area (Å²) in [4.78, 5) is 27.5. The standard InChI is InChI=1S/C20H18FN3O3/c1-19-6-7-20(27-19,5-2-8-22)16-15(19)17(25)24(18(16)26)14-4-3-12(11-23)13(9-14)10-21/h3-4,9,15-16H,2,5-7,10H2,1H3/t15-,16+,19?,20?/m1/s1. The molecule has 27 heavy (non-hydrogen) atoms. The second-order valence-electron chi connectivity index (χ2n) is 7.69. The van der Waals surface area contributed by atoms with Crippen LogP contribution in [0.5, 0.6) is 0 Å². The van der Waals surface area contributed by atoms with E-state index in [1.54, 1.807) is 0 Å². The van der Waals surface area contributed by atoms with Gasteiger partial charge in [-0.25, -0.2) is 9.29 Å². The Morgan fingerprint density at radius 2 is 2.00 bits per heavy atom. The van der Waals surface area contributed by atoms with Crippen molar-refractivity contribution >= 4 is 17.5 Å². The lowest BCUT2D eigenvalue weighted by molar-refractivity contribution is -0.130. The van der Waals surface area contributed by atoms with E-state index in [1.807, 2.05) is 13.0 Å². The number of rotatable bonds is 4. The van der Waals surface area contributed by atoms with Crippen LogP contribution >= 0.6 is 0 Å². The van der Waals surface area contributed by atoms with Crippen molar-refractivity contribution in [3.8, 4) is 12.1 Å². The van der Waals surface area contributed by atoms with E-state index in [1.165, 1.54) is 18.2 Å². The van der Waals surface area contributed by atoms with Crippen LogP contribution in [-0.2, 0) is 21.0 Å². The average Bonchev–Trinajstić information content (AvgIpc) is 3.25. The van der Waals surface area contributed by atoms with Gasteiger partial charge in [-0.1, -0.05) is 0 Å². The van der Waals surface area contributed by atoms with Gasteiger partial charge in [0, 0.05) is 12.0 Å². The molecular formula is C20H18FN3O3. The number of hydrogen-bond acceptors (Lipinski definition) is 5. The number of halogens is 1. The number of imide groups is 1. The number of ether oxygens (including phenoxy) is 1. The number of amides is 2. The maximum Gasteiger partial charge on any atom is 0.240 e. The lowest BCUT2D eigenvalue weighted by Crippen LogP contribution is -2.42. The van der Waals surface area contributed by atoms with Gasteiger partial charge < -0.3 is 4.74 Å². The fourth-order valence-corrected chi connectivity index (χ4v) is 5.07. The Labute approximate surface area is 156 Å². The molecule has 3 aliphatic rings. The number of anilines is 1. The second kappa shape index (κ2) is 5.87. The molecule has 0 spiro atoms. The first-order valence-corrected chi connectivity index (χ1v) is 8.95. The largest absolute Gasteiger partial charge is 0.367 e. The Hall–Kier alpha value is -2.77. The van der Waals surface area contributed by atoms with Gasteiger partial charge in [-0.2, -0.15) is 10.5 Å². The number of nitriles is 2. The molecule has 2 amide bonds. The van der Waals surface area contributed by atoms with Crippen LogP contribution in [0, 0.1) is 34.5 Å². The predicted octanol–water partition coefficient (Wildman–Crippen LogP) is 2.76. The van der Waals surface area contributed by atoms with Crippen molar-refractivity contribution in [1.82, 2.24) is 0 Å². The zero-order valence-electron chi connectivity index (χ0n) is 14.9. The minimum atomic E-state index is -0.854. The van der Waals surface area contributed by atoms with Crippen LogP contribution in [0.2, 0.25) is 0 Å². The fraction of sp³-hybridized carbons (Fsp3) is 0.500. The molecule has 0 saturated carbocycles. The highest BCUT2D eigenvalue weighted by molar-refractivity contribution is 6.23. The van der Waals surface area contributed by atoms with E-state index in [9.17, 15) is 14.0 Å². The molecule has 3 saturated heterocycles. The molecule has 6 nitrogen and oxygen atoms in total. The molecule has 138 valence electrons. The lowest BCUT2D eigenvalue weighted by Gasteiger charge is -2.30. The second-order valence-corrected chi connectivity index (χ2v) is 7.69. The smallest absolute Gasteiger partial charge is 0.240 e. The van der Waals surface area contributed by atoms with Crippen molar-refractivity contribution in [2.45, 2.75) is 50.5 Å². The Morgan fingerprint density at radius 1 is 1.26 bits per heavy atom. The van der Waals surface area contributed by atoms with E-state index in [4.69, 9.17) is 15.3 Å². The SMILES string of the molecule is CC12CCC(CCC#N)(O1)[C@@H]1C(=O)N(c3ccc(C#N)c(CF)c3)C(=O)[C@@H]12. The third-order valence-electron chi connectivity index (χ3n) is 6.28. The number of alkyl halides is 1. The van der Waals surface area contributed by atoms with Crippen molar-refractivity contribution in [2.24, 2.45) is 11.8 Å². The molecule has 1 aromatic rings. The quantitative estimate of drug-likeness (QED) is 0.763. The average molecular weight is 367 g/mol. The number of hydrogen-bond donors (Lipinski definition) is 0. The fourth-order valence-electron chi connectivity index (χ4n) is 5.07. The third kappa shape index (κ3) is 2.25. The summed E-state index contributed by atoms with van der Waals surface area (Å²) < 4.78 is 19.5. The Balaban J connectivity index is 1.75. The third-order valence-corrected chi connectivity index (χ3v) is 6.28. The summed E-state index contributed by atoms with van der Waals surface area (Å²) in [5.74, 6) is -1.93. The highest BCUT2D eigenvalue weighted by Crippen LogP contribution is 2.62. The Bertz CT molecular complexity index is 933. The summed E-state index contributed by atoms with van der Waals surface area (Å²) in [6, 6.07) is 8.33. The zero-order valence-corrected chi connectivity index (χ0v) is 14.9. The van der Waals surface area contributed by atoms with Crippen molar-refractivity contribution in [2.75, 3.05) is 4.90 Å². The molecule has 2 unspecified atom stereocenters. The van der Waals surface area contributed by atoms with Crippen molar-refractivity contribution < 1.29 is 18.7 Å². The molecule has 0 aromatic heterocycles. The van der Waals surface area contributed by atoms with E-state index in [0.717, 1.165) is 4.90 Å². The van der Waals surface area contributed by atoms with Crippen LogP contribution in [0.4, 0.5) is 10.1 Å². The normalized spacial score (nSPS) is 33.9. The molecule has 0 radical (unpaired) electrons. The molecule has 3 fully saturated rings. The first-order valence-electron chi connectivity index (χ1n) is 8.95. The van der Waals surface area contributed by atoms with Gasteiger partial charge in [-0.05, 0) is 44.4 Å². The molecule has 0 aliphatic carbocycles. The lowest BCUT2D eigenvalue weighted by atomic mass is 9.67.